The molecule has 0 bridgehead atoms. The lowest BCUT2D eigenvalue weighted by molar-refractivity contribution is 0.274. The number of aliphatic hydroxyl groups is 2. The van der Waals surface area contributed by atoms with Gasteiger partial charge in [-0.15, -0.1) is 0 Å². The van der Waals surface area contributed by atoms with Crippen LogP contribution in [0.4, 0.5) is 0 Å². The van der Waals surface area contributed by atoms with E-state index in [1.807, 2.05) is 24.3 Å². The molecule has 0 atom stereocenters. The molecule has 0 amide bonds. The lowest BCUT2D eigenvalue weighted by Crippen LogP contribution is -1.93. The minimum absolute atomic E-state index is 0.0873. The molecule has 0 radical (unpaired) electrons. The third kappa shape index (κ3) is 6.08. The van der Waals surface area contributed by atoms with Crippen LogP contribution in [0.1, 0.15) is 61.8 Å². The number of hydrogen-bond donors (Lipinski definition) is 4. The predicted octanol–water partition coefficient (Wildman–Crippen LogP) is 5.57. The summed E-state index contributed by atoms with van der Waals surface area (Å²) in [4.78, 5) is 1.35. The van der Waals surface area contributed by atoms with E-state index >= 15 is 0 Å². The number of aromatic hydroxyl groups is 2. The second-order valence-electron chi connectivity index (χ2n) is 6.89. The first-order valence-corrected chi connectivity index (χ1v) is 11.9. The highest BCUT2D eigenvalue weighted by atomic mass is 33.1. The van der Waals surface area contributed by atoms with Crippen LogP contribution in [-0.2, 0) is 26.1 Å². The molecule has 0 aliphatic rings. The Morgan fingerprint density at radius 1 is 0.679 bits per heavy atom. The van der Waals surface area contributed by atoms with Crippen LogP contribution in [0.3, 0.4) is 0 Å². The average Bonchev–Trinajstić information content (AvgIpc) is 2.71. The Hall–Kier alpha value is -1.34. The van der Waals surface area contributed by atoms with E-state index in [1.54, 1.807) is 0 Å². The van der Waals surface area contributed by atoms with E-state index in [9.17, 15) is 20.4 Å². The molecule has 0 heterocycles. The number of aryl methyl sites for hydroxylation is 2. The van der Waals surface area contributed by atoms with Crippen molar-refractivity contribution in [2.45, 2.75) is 75.4 Å². The second-order valence-corrected chi connectivity index (χ2v) is 9.11. The van der Waals surface area contributed by atoms with Crippen molar-refractivity contribution in [2.24, 2.45) is 0 Å². The molecular weight excluding hydrogens is 392 g/mol. The fourth-order valence-electron chi connectivity index (χ4n) is 2.97. The summed E-state index contributed by atoms with van der Waals surface area (Å²) in [6, 6.07) is 7.61. The van der Waals surface area contributed by atoms with Gasteiger partial charge in [0.1, 0.15) is 11.5 Å². The Labute approximate surface area is 175 Å². The molecule has 6 heteroatoms. The maximum Gasteiger partial charge on any atom is 0.135 e. The molecule has 0 aliphatic carbocycles. The van der Waals surface area contributed by atoms with Gasteiger partial charge >= 0.3 is 0 Å². The minimum atomic E-state index is -0.212. The normalized spacial score (nSPS) is 11.1. The summed E-state index contributed by atoms with van der Waals surface area (Å²) in [7, 11) is 2.71. The number of benzene rings is 2. The summed E-state index contributed by atoms with van der Waals surface area (Å²) in [6.07, 6.45) is 6.05. The van der Waals surface area contributed by atoms with E-state index in [4.69, 9.17) is 0 Å². The van der Waals surface area contributed by atoms with Crippen LogP contribution < -0.4 is 0 Å². The fraction of sp³-hybridized carbons (Fsp3) is 0.455. The molecule has 0 unspecified atom stereocenters. The molecule has 4 nitrogen and oxygen atoms in total. The first-order chi connectivity index (χ1) is 13.5. The van der Waals surface area contributed by atoms with Gasteiger partial charge in [0.05, 0.1) is 23.0 Å². The highest BCUT2D eigenvalue weighted by molar-refractivity contribution is 8.76. The number of unbranched alkanes of at least 4 members (excludes halogenated alkanes) is 2. The molecule has 0 aromatic heterocycles. The summed E-state index contributed by atoms with van der Waals surface area (Å²) in [5, 5.41) is 40.1. The maximum atomic E-state index is 10.5. The monoisotopic (exact) mass is 422 g/mol. The predicted molar refractivity (Wildman–Crippen MR) is 117 cm³/mol. The van der Waals surface area contributed by atoms with Crippen molar-refractivity contribution < 1.29 is 20.4 Å². The highest BCUT2D eigenvalue weighted by Crippen LogP contribution is 2.47. The molecule has 154 valence electrons. The Kier molecular flexibility index (Phi) is 9.51. The molecule has 2 rings (SSSR count). The molecule has 2 aromatic carbocycles. The quantitative estimate of drug-likeness (QED) is 0.355. The zero-order chi connectivity index (χ0) is 20.5. The summed E-state index contributed by atoms with van der Waals surface area (Å²) in [6.45, 7) is 3.84. The number of aliphatic hydroxyl groups excluding tert-OH is 2. The van der Waals surface area contributed by atoms with Crippen LogP contribution >= 0.6 is 21.6 Å². The van der Waals surface area contributed by atoms with Gasteiger partial charge < -0.3 is 20.4 Å². The van der Waals surface area contributed by atoms with Gasteiger partial charge in [-0.2, -0.15) is 0 Å². The van der Waals surface area contributed by atoms with Crippen molar-refractivity contribution in [3.05, 3.63) is 46.5 Å². The van der Waals surface area contributed by atoms with E-state index < -0.39 is 0 Å². The van der Waals surface area contributed by atoms with Crippen LogP contribution in [0.15, 0.2) is 34.1 Å². The van der Waals surface area contributed by atoms with Crippen LogP contribution in [0, 0.1) is 0 Å². The number of phenols is 2. The average molecular weight is 423 g/mol. The third-order valence-electron chi connectivity index (χ3n) is 4.63. The van der Waals surface area contributed by atoms with Gasteiger partial charge in [-0.3, -0.25) is 0 Å². The van der Waals surface area contributed by atoms with Gasteiger partial charge in [-0.25, -0.2) is 0 Å². The smallest absolute Gasteiger partial charge is 0.135 e. The first-order valence-electron chi connectivity index (χ1n) is 9.79. The Bertz CT molecular complexity index is 712. The van der Waals surface area contributed by atoms with Gasteiger partial charge in [-0.1, -0.05) is 26.7 Å². The minimum Gasteiger partial charge on any atom is -0.506 e. The molecule has 0 aliphatic heterocycles. The molecule has 2 aromatic rings. The van der Waals surface area contributed by atoms with E-state index in [-0.39, 0.29) is 24.7 Å². The van der Waals surface area contributed by atoms with Gasteiger partial charge in [0.15, 0.2) is 0 Å². The van der Waals surface area contributed by atoms with Crippen molar-refractivity contribution in [3.8, 4) is 11.5 Å². The first kappa shape index (κ1) is 22.9. The third-order valence-corrected chi connectivity index (χ3v) is 7.02. The fourth-order valence-corrected chi connectivity index (χ4v) is 5.27. The number of rotatable bonds is 11. The van der Waals surface area contributed by atoms with Gasteiger partial charge in [-0.05, 0) is 82.7 Å². The van der Waals surface area contributed by atoms with Crippen LogP contribution in [0.25, 0.3) is 0 Å². The molecule has 4 N–H and O–H groups in total. The van der Waals surface area contributed by atoms with E-state index in [1.165, 1.54) is 21.6 Å². The maximum absolute atomic E-state index is 10.5. The molecule has 28 heavy (non-hydrogen) atoms. The SMILES string of the molecule is CCCCc1cc(CO)c(O)c(SSc2cc(CCCC)cc(CO)c2O)c1. The van der Waals surface area contributed by atoms with Gasteiger partial charge in [0.2, 0.25) is 0 Å². The Balaban J connectivity index is 2.27. The van der Waals surface area contributed by atoms with E-state index in [0.717, 1.165) is 49.7 Å². The number of hydrogen-bond acceptors (Lipinski definition) is 6. The van der Waals surface area contributed by atoms with Crippen molar-refractivity contribution in [1.82, 2.24) is 0 Å². The van der Waals surface area contributed by atoms with Crippen LogP contribution in [0.2, 0.25) is 0 Å². The van der Waals surface area contributed by atoms with Crippen molar-refractivity contribution in [3.63, 3.8) is 0 Å². The van der Waals surface area contributed by atoms with Crippen molar-refractivity contribution in [2.75, 3.05) is 0 Å². The molecular formula is C22H30O4S2. The molecule has 0 saturated carbocycles. The molecule has 0 spiro atoms. The zero-order valence-electron chi connectivity index (χ0n) is 16.6. The second kappa shape index (κ2) is 11.6. The summed E-state index contributed by atoms with van der Waals surface area (Å²) < 4.78 is 0. The van der Waals surface area contributed by atoms with Crippen molar-refractivity contribution in [1.29, 1.82) is 0 Å². The lowest BCUT2D eigenvalue weighted by Gasteiger charge is -2.13. The summed E-state index contributed by atoms with van der Waals surface area (Å²) in [5.41, 5.74) is 3.22. The highest BCUT2D eigenvalue weighted by Gasteiger charge is 2.15. The Morgan fingerprint density at radius 3 is 1.39 bits per heavy atom. The summed E-state index contributed by atoms with van der Waals surface area (Å²) >= 11 is 0. The molecule has 0 fully saturated rings. The van der Waals surface area contributed by atoms with E-state index in [2.05, 4.69) is 13.8 Å². The van der Waals surface area contributed by atoms with Crippen LogP contribution in [-0.4, -0.2) is 20.4 Å². The van der Waals surface area contributed by atoms with Gasteiger partial charge in [0, 0.05) is 11.1 Å². The van der Waals surface area contributed by atoms with Crippen LogP contribution in [0.5, 0.6) is 11.5 Å². The Morgan fingerprint density at radius 2 is 1.07 bits per heavy atom. The molecule has 0 saturated heterocycles. The van der Waals surface area contributed by atoms with E-state index in [0.29, 0.717) is 20.9 Å². The summed E-state index contributed by atoms with van der Waals surface area (Å²) in [5.74, 6) is 0.175. The van der Waals surface area contributed by atoms with Crippen molar-refractivity contribution >= 4 is 21.6 Å². The zero-order valence-corrected chi connectivity index (χ0v) is 18.2. The topological polar surface area (TPSA) is 80.9 Å². The standard InChI is InChI=1S/C22H30O4S2/c1-3-5-7-15-9-17(13-23)21(25)19(11-15)27-28-20-12-16(8-6-4-2)10-18(14-24)22(20)26/h9-12,23-26H,3-8,13-14H2,1-2H3. The largest absolute Gasteiger partial charge is 0.506 e. The van der Waals surface area contributed by atoms with Gasteiger partial charge in [0.25, 0.3) is 0 Å². The lowest BCUT2D eigenvalue weighted by atomic mass is 10.0.